The van der Waals surface area contributed by atoms with Crippen molar-refractivity contribution in [1.29, 1.82) is 0 Å². The maximum atomic E-state index is 12.4. The van der Waals surface area contributed by atoms with Crippen molar-refractivity contribution < 1.29 is 33.9 Å². The Morgan fingerprint density at radius 1 is 1.24 bits per heavy atom. The predicted molar refractivity (Wildman–Crippen MR) is 94.2 cm³/mol. The van der Waals surface area contributed by atoms with Gasteiger partial charge in [0, 0.05) is 18.7 Å². The molecule has 12 heteroatoms. The second-order valence-electron chi connectivity index (χ2n) is 6.09. The lowest BCUT2D eigenvalue weighted by atomic mass is 10.1. The molecule has 0 spiro atoms. The number of fused-ring (bicyclic) bond motifs is 1. The zero-order valence-electron chi connectivity index (χ0n) is 15.2. The minimum Gasteiger partial charge on any atom is -0.476 e. The van der Waals surface area contributed by atoms with Crippen LogP contribution in [0.5, 0.6) is 0 Å². The molecule has 1 aromatic carbocycles. The van der Waals surface area contributed by atoms with E-state index >= 15 is 0 Å². The van der Waals surface area contributed by atoms with Gasteiger partial charge >= 0.3 is 18.0 Å². The number of amides is 1. The van der Waals surface area contributed by atoms with Gasteiger partial charge in [-0.2, -0.15) is 5.10 Å². The highest BCUT2D eigenvalue weighted by molar-refractivity contribution is 6.02. The summed E-state index contributed by atoms with van der Waals surface area (Å²) in [4.78, 5) is 47.2. The maximum absolute atomic E-state index is 12.4. The minimum atomic E-state index is -1.38. The van der Waals surface area contributed by atoms with Crippen LogP contribution >= 0.6 is 0 Å². The number of nitro groups is 1. The first kappa shape index (κ1) is 19.8. The summed E-state index contributed by atoms with van der Waals surface area (Å²) in [5.41, 5.74) is 0.0944. The van der Waals surface area contributed by atoms with E-state index in [1.54, 1.807) is 0 Å². The maximum Gasteiger partial charge on any atom is 0.410 e. The summed E-state index contributed by atoms with van der Waals surface area (Å²) < 4.78 is 11.2. The Bertz CT molecular complexity index is 982. The number of carboxylic acids is 1. The van der Waals surface area contributed by atoms with E-state index in [-0.39, 0.29) is 43.2 Å². The van der Waals surface area contributed by atoms with Gasteiger partial charge in [0.2, 0.25) is 0 Å². The lowest BCUT2D eigenvalue weighted by Gasteiger charge is -2.27. The van der Waals surface area contributed by atoms with Crippen molar-refractivity contribution in [3.05, 3.63) is 56.9 Å². The Labute approximate surface area is 163 Å². The van der Waals surface area contributed by atoms with Gasteiger partial charge in [-0.1, -0.05) is 0 Å². The van der Waals surface area contributed by atoms with E-state index in [2.05, 4.69) is 9.84 Å². The predicted octanol–water partition coefficient (Wildman–Crippen LogP) is 1.43. The summed E-state index contributed by atoms with van der Waals surface area (Å²) in [6, 6.07) is 5.56. The van der Waals surface area contributed by atoms with Crippen LogP contribution in [0.3, 0.4) is 0 Å². The summed E-state index contributed by atoms with van der Waals surface area (Å²) in [7, 11) is 1.12. The molecule has 0 unspecified atom stereocenters. The molecule has 0 bridgehead atoms. The fraction of sp³-hybridized carbons (Fsp3) is 0.294. The molecule has 12 nitrogen and oxygen atoms in total. The highest BCUT2D eigenvalue weighted by Crippen LogP contribution is 2.22. The molecule has 1 amide bonds. The summed E-state index contributed by atoms with van der Waals surface area (Å²) in [5.74, 6) is -2.23. The van der Waals surface area contributed by atoms with E-state index < -0.39 is 28.6 Å². The van der Waals surface area contributed by atoms with E-state index in [0.717, 1.165) is 7.11 Å². The van der Waals surface area contributed by atoms with Crippen LogP contribution in [0.15, 0.2) is 24.3 Å². The zero-order chi connectivity index (χ0) is 21.1. The topological polar surface area (TPSA) is 154 Å². The van der Waals surface area contributed by atoms with Gasteiger partial charge in [0.05, 0.1) is 30.8 Å². The molecule has 0 saturated heterocycles. The van der Waals surface area contributed by atoms with Crippen molar-refractivity contribution in [2.75, 3.05) is 13.7 Å². The SMILES string of the molecule is COC(=O)c1c(C(=O)O)nn2c1CN(C(=O)OCc1ccc([N+](=O)[O-])cc1)CC2. The molecule has 2 heterocycles. The number of carbonyl (C=O) groups is 3. The minimum absolute atomic E-state index is 0.0751. The number of nitrogens with zero attached hydrogens (tertiary/aromatic N) is 4. The smallest absolute Gasteiger partial charge is 0.410 e. The summed E-state index contributed by atoms with van der Waals surface area (Å²) in [6.45, 7) is 0.202. The standard InChI is InChI=1S/C17H16N4O8/c1-28-16(24)13-12-8-19(6-7-20(12)18-14(13)15(22)23)17(25)29-9-10-2-4-11(5-3-10)21(26)27/h2-5H,6-9H2,1H3,(H,22,23). The van der Waals surface area contributed by atoms with Crippen LogP contribution < -0.4 is 0 Å². The van der Waals surface area contributed by atoms with Crippen molar-refractivity contribution >= 4 is 23.7 Å². The molecule has 1 aliphatic heterocycles. The van der Waals surface area contributed by atoms with E-state index in [1.165, 1.54) is 33.8 Å². The number of aromatic carboxylic acids is 1. The van der Waals surface area contributed by atoms with Gasteiger partial charge in [0.1, 0.15) is 12.2 Å². The van der Waals surface area contributed by atoms with E-state index in [4.69, 9.17) is 4.74 Å². The summed E-state index contributed by atoms with van der Waals surface area (Å²) in [6.07, 6.45) is -0.677. The van der Waals surface area contributed by atoms with Crippen LogP contribution in [0.2, 0.25) is 0 Å². The van der Waals surface area contributed by atoms with Crippen LogP contribution in [0.4, 0.5) is 10.5 Å². The summed E-state index contributed by atoms with van der Waals surface area (Å²) in [5, 5.41) is 23.8. The van der Waals surface area contributed by atoms with E-state index in [9.17, 15) is 29.6 Å². The number of hydrogen-bond acceptors (Lipinski definition) is 8. The van der Waals surface area contributed by atoms with Crippen molar-refractivity contribution in [2.24, 2.45) is 0 Å². The van der Waals surface area contributed by atoms with Gasteiger partial charge in [0.25, 0.3) is 5.69 Å². The monoisotopic (exact) mass is 404 g/mol. The van der Waals surface area contributed by atoms with Crippen LogP contribution in [0.25, 0.3) is 0 Å². The third kappa shape index (κ3) is 4.00. The number of nitro benzene ring substituents is 1. The number of aromatic nitrogens is 2. The van der Waals surface area contributed by atoms with Gasteiger partial charge in [-0.15, -0.1) is 0 Å². The van der Waals surface area contributed by atoms with Crippen LogP contribution in [-0.4, -0.2) is 56.4 Å². The van der Waals surface area contributed by atoms with Crippen molar-refractivity contribution in [3.63, 3.8) is 0 Å². The molecule has 152 valence electrons. The zero-order valence-corrected chi connectivity index (χ0v) is 15.2. The van der Waals surface area contributed by atoms with E-state index in [0.29, 0.717) is 5.56 Å². The first-order chi connectivity index (χ1) is 13.8. The second kappa shape index (κ2) is 7.96. The number of carbonyl (C=O) groups excluding carboxylic acids is 2. The van der Waals surface area contributed by atoms with Gasteiger partial charge in [-0.3, -0.25) is 14.8 Å². The average Bonchev–Trinajstić information content (AvgIpc) is 3.10. The molecule has 1 aliphatic rings. The second-order valence-corrected chi connectivity index (χ2v) is 6.09. The number of rotatable bonds is 5. The fourth-order valence-electron chi connectivity index (χ4n) is 2.89. The number of methoxy groups -OCH3 is 1. The first-order valence-electron chi connectivity index (χ1n) is 8.38. The largest absolute Gasteiger partial charge is 0.476 e. The molecule has 2 aromatic rings. The van der Waals surface area contributed by atoms with Crippen molar-refractivity contribution in [2.45, 2.75) is 19.7 Å². The number of carboxylic acid groups (broad SMARTS) is 1. The van der Waals surface area contributed by atoms with Crippen molar-refractivity contribution in [1.82, 2.24) is 14.7 Å². The summed E-state index contributed by atoms with van der Waals surface area (Å²) >= 11 is 0. The first-order valence-corrected chi connectivity index (χ1v) is 8.38. The highest BCUT2D eigenvalue weighted by atomic mass is 16.6. The van der Waals surface area contributed by atoms with Gasteiger partial charge in [-0.25, -0.2) is 14.4 Å². The Morgan fingerprint density at radius 3 is 2.52 bits per heavy atom. The van der Waals surface area contributed by atoms with Crippen molar-refractivity contribution in [3.8, 4) is 0 Å². The molecule has 29 heavy (non-hydrogen) atoms. The Kier molecular flexibility index (Phi) is 5.43. The molecule has 0 radical (unpaired) electrons. The number of hydrogen-bond donors (Lipinski definition) is 1. The van der Waals surface area contributed by atoms with Gasteiger partial charge in [-0.05, 0) is 17.7 Å². The van der Waals surface area contributed by atoms with Crippen LogP contribution in [0.1, 0.15) is 32.1 Å². The lowest BCUT2D eigenvalue weighted by Crippen LogP contribution is -2.39. The molecule has 0 fully saturated rings. The molecule has 1 aromatic heterocycles. The molecule has 0 atom stereocenters. The molecular weight excluding hydrogens is 388 g/mol. The Morgan fingerprint density at radius 2 is 1.93 bits per heavy atom. The van der Waals surface area contributed by atoms with Gasteiger partial charge < -0.3 is 19.5 Å². The average molecular weight is 404 g/mol. The molecular formula is C17H16N4O8. The number of esters is 1. The van der Waals surface area contributed by atoms with E-state index in [1.807, 2.05) is 0 Å². The number of non-ortho nitro benzene ring substituents is 1. The Hall–Kier alpha value is -3.96. The molecule has 0 aliphatic carbocycles. The van der Waals surface area contributed by atoms with Gasteiger partial charge in [0.15, 0.2) is 5.69 Å². The molecule has 0 saturated carbocycles. The number of benzene rings is 1. The molecule has 3 rings (SSSR count). The fourth-order valence-corrected chi connectivity index (χ4v) is 2.89. The third-order valence-corrected chi connectivity index (χ3v) is 4.34. The Balaban J connectivity index is 1.71. The third-order valence-electron chi connectivity index (χ3n) is 4.34. The lowest BCUT2D eigenvalue weighted by molar-refractivity contribution is -0.384. The normalized spacial score (nSPS) is 12.8. The molecule has 1 N–H and O–H groups in total. The quantitative estimate of drug-likeness (QED) is 0.442. The number of ether oxygens (including phenoxy) is 2. The van der Waals surface area contributed by atoms with Crippen LogP contribution in [-0.2, 0) is 29.2 Å². The highest BCUT2D eigenvalue weighted by Gasteiger charge is 2.33. The van der Waals surface area contributed by atoms with Crippen LogP contribution in [0, 0.1) is 10.1 Å².